The Labute approximate surface area is 116 Å². The molecule has 2 aromatic rings. The van der Waals surface area contributed by atoms with E-state index in [9.17, 15) is 0 Å². The summed E-state index contributed by atoms with van der Waals surface area (Å²) in [6.07, 6.45) is 3.73. The molecule has 0 atom stereocenters. The lowest BCUT2D eigenvalue weighted by atomic mass is 10.3. The molecule has 3 nitrogen and oxygen atoms in total. The fourth-order valence-electron chi connectivity index (χ4n) is 1.72. The van der Waals surface area contributed by atoms with Gasteiger partial charge in [-0.25, -0.2) is 4.98 Å². The molecule has 2 rings (SSSR count). The van der Waals surface area contributed by atoms with Crippen molar-refractivity contribution in [3.63, 3.8) is 0 Å². The van der Waals surface area contributed by atoms with Crippen LogP contribution in [-0.2, 0) is 11.9 Å². The standard InChI is InChI=1S/C14H16BrN3/c1-2-18(11-13-5-3-4-8-16-13)14-7-6-12(9-15)10-17-14/h3-8,10H,2,9,11H2,1H3. The van der Waals surface area contributed by atoms with Crippen LogP contribution in [0.15, 0.2) is 42.7 Å². The molecule has 18 heavy (non-hydrogen) atoms. The lowest BCUT2D eigenvalue weighted by Gasteiger charge is -2.21. The molecule has 0 saturated heterocycles. The van der Waals surface area contributed by atoms with Gasteiger partial charge in [0, 0.05) is 24.3 Å². The number of anilines is 1. The first kappa shape index (κ1) is 13.0. The van der Waals surface area contributed by atoms with Gasteiger partial charge in [-0.05, 0) is 30.7 Å². The number of rotatable bonds is 5. The third kappa shape index (κ3) is 3.29. The first-order valence-corrected chi connectivity index (χ1v) is 7.11. The molecule has 0 saturated carbocycles. The lowest BCUT2D eigenvalue weighted by Crippen LogP contribution is -2.23. The predicted octanol–water partition coefficient (Wildman–Crippen LogP) is 3.40. The number of halogens is 1. The Kier molecular flexibility index (Phi) is 4.70. The van der Waals surface area contributed by atoms with Crippen LogP contribution in [0.1, 0.15) is 18.2 Å². The van der Waals surface area contributed by atoms with Crippen LogP contribution >= 0.6 is 15.9 Å². The summed E-state index contributed by atoms with van der Waals surface area (Å²) in [5.41, 5.74) is 2.25. The van der Waals surface area contributed by atoms with E-state index < -0.39 is 0 Å². The van der Waals surface area contributed by atoms with Crippen molar-refractivity contribution < 1.29 is 0 Å². The SMILES string of the molecule is CCN(Cc1ccccn1)c1ccc(CBr)cn1. The van der Waals surface area contributed by atoms with Gasteiger partial charge in [0.05, 0.1) is 12.2 Å². The molecule has 0 fully saturated rings. The van der Waals surface area contributed by atoms with Crippen LogP contribution in [0.4, 0.5) is 5.82 Å². The monoisotopic (exact) mass is 305 g/mol. The molecular formula is C14H16BrN3. The van der Waals surface area contributed by atoms with Crippen LogP contribution in [-0.4, -0.2) is 16.5 Å². The molecule has 0 aromatic carbocycles. The molecule has 0 aliphatic rings. The van der Waals surface area contributed by atoms with Gasteiger partial charge in [0.1, 0.15) is 5.82 Å². The van der Waals surface area contributed by atoms with Crippen molar-refractivity contribution in [2.75, 3.05) is 11.4 Å². The minimum Gasteiger partial charge on any atom is -0.351 e. The van der Waals surface area contributed by atoms with E-state index in [2.05, 4.69) is 49.9 Å². The van der Waals surface area contributed by atoms with Gasteiger partial charge in [-0.2, -0.15) is 0 Å². The maximum absolute atomic E-state index is 4.49. The van der Waals surface area contributed by atoms with Crippen LogP contribution in [0.2, 0.25) is 0 Å². The van der Waals surface area contributed by atoms with E-state index in [0.717, 1.165) is 29.9 Å². The summed E-state index contributed by atoms with van der Waals surface area (Å²) in [7, 11) is 0. The molecule has 0 aliphatic carbocycles. The van der Waals surface area contributed by atoms with Gasteiger partial charge in [0.25, 0.3) is 0 Å². The summed E-state index contributed by atoms with van der Waals surface area (Å²) in [6, 6.07) is 10.1. The van der Waals surface area contributed by atoms with Gasteiger partial charge in [-0.1, -0.05) is 28.1 Å². The van der Waals surface area contributed by atoms with Crippen molar-refractivity contribution >= 4 is 21.7 Å². The van der Waals surface area contributed by atoms with E-state index in [0.29, 0.717) is 0 Å². The fraction of sp³-hybridized carbons (Fsp3) is 0.286. The Morgan fingerprint density at radius 3 is 2.61 bits per heavy atom. The average Bonchev–Trinajstić information content (AvgIpc) is 2.46. The summed E-state index contributed by atoms with van der Waals surface area (Å²) < 4.78 is 0. The number of pyridine rings is 2. The van der Waals surface area contributed by atoms with Gasteiger partial charge in [0.15, 0.2) is 0 Å². The van der Waals surface area contributed by atoms with Crippen LogP contribution in [0.3, 0.4) is 0 Å². The van der Waals surface area contributed by atoms with Crippen molar-refractivity contribution in [3.05, 3.63) is 54.0 Å². The third-order valence-electron chi connectivity index (χ3n) is 2.75. The Bertz CT molecular complexity index is 470. The zero-order valence-electron chi connectivity index (χ0n) is 10.4. The molecular weight excluding hydrogens is 290 g/mol. The smallest absolute Gasteiger partial charge is 0.128 e. The number of nitrogens with zero attached hydrogens (tertiary/aromatic N) is 3. The lowest BCUT2D eigenvalue weighted by molar-refractivity contribution is 0.793. The van der Waals surface area contributed by atoms with Crippen LogP contribution < -0.4 is 4.90 Å². The van der Waals surface area contributed by atoms with E-state index in [-0.39, 0.29) is 0 Å². The zero-order chi connectivity index (χ0) is 12.8. The molecule has 0 spiro atoms. The Hall–Kier alpha value is -1.42. The second kappa shape index (κ2) is 6.50. The van der Waals surface area contributed by atoms with Crippen LogP contribution in [0, 0.1) is 0 Å². The van der Waals surface area contributed by atoms with E-state index in [1.165, 1.54) is 5.56 Å². The summed E-state index contributed by atoms with van der Waals surface area (Å²) in [4.78, 5) is 11.0. The molecule has 0 bridgehead atoms. The Balaban J connectivity index is 2.12. The summed E-state index contributed by atoms with van der Waals surface area (Å²) in [5, 5.41) is 0.840. The third-order valence-corrected chi connectivity index (χ3v) is 3.40. The van der Waals surface area contributed by atoms with Crippen LogP contribution in [0.25, 0.3) is 0 Å². The highest BCUT2D eigenvalue weighted by molar-refractivity contribution is 9.08. The highest BCUT2D eigenvalue weighted by Crippen LogP contribution is 2.15. The van der Waals surface area contributed by atoms with E-state index in [1.54, 1.807) is 0 Å². The minimum atomic E-state index is 0.790. The first-order chi connectivity index (χ1) is 8.83. The maximum Gasteiger partial charge on any atom is 0.128 e. The maximum atomic E-state index is 4.49. The average molecular weight is 306 g/mol. The van der Waals surface area contributed by atoms with Gasteiger partial charge in [-0.3, -0.25) is 4.98 Å². The van der Waals surface area contributed by atoms with Gasteiger partial charge in [0.2, 0.25) is 0 Å². The topological polar surface area (TPSA) is 29.0 Å². The van der Waals surface area contributed by atoms with Gasteiger partial charge >= 0.3 is 0 Å². The molecule has 0 N–H and O–H groups in total. The van der Waals surface area contributed by atoms with Crippen molar-refractivity contribution in [1.29, 1.82) is 0 Å². The van der Waals surface area contributed by atoms with Crippen LogP contribution in [0.5, 0.6) is 0 Å². The summed E-state index contributed by atoms with van der Waals surface area (Å²) in [6.45, 7) is 3.83. The van der Waals surface area contributed by atoms with Gasteiger partial charge in [-0.15, -0.1) is 0 Å². The summed E-state index contributed by atoms with van der Waals surface area (Å²) in [5.74, 6) is 0.993. The van der Waals surface area contributed by atoms with E-state index in [1.807, 2.05) is 30.6 Å². The van der Waals surface area contributed by atoms with Crippen molar-refractivity contribution in [3.8, 4) is 0 Å². The van der Waals surface area contributed by atoms with E-state index in [4.69, 9.17) is 0 Å². The largest absolute Gasteiger partial charge is 0.351 e. The molecule has 0 unspecified atom stereocenters. The molecule has 4 heteroatoms. The Morgan fingerprint density at radius 1 is 1.17 bits per heavy atom. The fourth-order valence-corrected chi connectivity index (χ4v) is 2.06. The Morgan fingerprint density at radius 2 is 2.06 bits per heavy atom. The number of alkyl halides is 1. The quantitative estimate of drug-likeness (QED) is 0.793. The van der Waals surface area contributed by atoms with Crippen molar-refractivity contribution in [2.45, 2.75) is 18.8 Å². The van der Waals surface area contributed by atoms with E-state index >= 15 is 0 Å². The first-order valence-electron chi connectivity index (χ1n) is 5.99. The number of hydrogen-bond donors (Lipinski definition) is 0. The molecule has 0 amide bonds. The highest BCUT2D eigenvalue weighted by Gasteiger charge is 2.07. The molecule has 0 radical (unpaired) electrons. The highest BCUT2D eigenvalue weighted by atomic mass is 79.9. The summed E-state index contributed by atoms with van der Waals surface area (Å²) >= 11 is 3.43. The normalized spacial score (nSPS) is 10.3. The van der Waals surface area contributed by atoms with Crippen molar-refractivity contribution in [1.82, 2.24) is 9.97 Å². The predicted molar refractivity (Wildman–Crippen MR) is 77.8 cm³/mol. The molecule has 0 aliphatic heterocycles. The minimum absolute atomic E-state index is 0.790. The molecule has 2 aromatic heterocycles. The van der Waals surface area contributed by atoms with Gasteiger partial charge < -0.3 is 4.90 Å². The number of hydrogen-bond acceptors (Lipinski definition) is 3. The zero-order valence-corrected chi connectivity index (χ0v) is 12.0. The second-order valence-electron chi connectivity index (χ2n) is 3.99. The second-order valence-corrected chi connectivity index (χ2v) is 4.55. The van der Waals surface area contributed by atoms with Crippen molar-refractivity contribution in [2.24, 2.45) is 0 Å². The molecule has 94 valence electrons. The number of aromatic nitrogens is 2. The molecule has 2 heterocycles.